The van der Waals surface area contributed by atoms with Crippen LogP contribution < -0.4 is 4.74 Å². The summed E-state index contributed by atoms with van der Waals surface area (Å²) in [7, 11) is 0. The molecule has 0 saturated heterocycles. The second kappa shape index (κ2) is 7.88. The average Bonchev–Trinajstić information content (AvgIpc) is 2.98. The number of halogens is 7. The third-order valence-corrected chi connectivity index (χ3v) is 5.30. The number of hydrogen-bond acceptors (Lipinski definition) is 3. The fourth-order valence-electron chi connectivity index (χ4n) is 2.31. The molecule has 0 aliphatic heterocycles. The number of aromatic nitrogens is 1. The monoisotopic (exact) mass is 531 g/mol. The fraction of sp³-hybridized carbons (Fsp3) is 0.118. The van der Waals surface area contributed by atoms with Crippen molar-refractivity contribution in [1.82, 2.24) is 4.37 Å². The van der Waals surface area contributed by atoms with E-state index < -0.39 is 35.0 Å². The van der Waals surface area contributed by atoms with E-state index >= 15 is 0 Å². The maximum Gasteiger partial charge on any atom is 0.427 e. The van der Waals surface area contributed by atoms with Gasteiger partial charge in [-0.05, 0) is 58.4 Å². The Kier molecular flexibility index (Phi) is 5.92. The molecule has 10 heteroatoms. The van der Waals surface area contributed by atoms with E-state index in [0.717, 1.165) is 12.1 Å². The van der Waals surface area contributed by atoms with Crippen LogP contribution in [0.25, 0.3) is 11.3 Å². The Morgan fingerprint density at radius 1 is 1.07 bits per heavy atom. The van der Waals surface area contributed by atoms with Gasteiger partial charge in [-0.1, -0.05) is 23.7 Å². The van der Waals surface area contributed by atoms with E-state index in [4.69, 9.17) is 16.3 Å². The Bertz CT molecular complexity index is 951. The highest BCUT2D eigenvalue weighted by molar-refractivity contribution is 14.1. The van der Waals surface area contributed by atoms with Crippen molar-refractivity contribution in [2.75, 3.05) is 0 Å². The fourth-order valence-corrected chi connectivity index (χ4v) is 3.75. The number of nitrogens with zero attached hydrogens (tertiary/aromatic N) is 1. The molecule has 0 spiro atoms. The van der Waals surface area contributed by atoms with E-state index in [2.05, 4.69) is 4.37 Å². The predicted molar refractivity (Wildman–Crippen MR) is 101 cm³/mol. The number of hydrogen-bond donors (Lipinski definition) is 0. The first-order chi connectivity index (χ1) is 12.7. The van der Waals surface area contributed by atoms with Gasteiger partial charge in [0.2, 0.25) is 0 Å². The van der Waals surface area contributed by atoms with Crippen LogP contribution in [0, 0.1) is 15.2 Å². The summed E-state index contributed by atoms with van der Waals surface area (Å²) in [5.74, 6) is -2.73. The number of rotatable bonds is 4. The highest BCUT2D eigenvalue weighted by atomic mass is 127. The molecule has 142 valence electrons. The van der Waals surface area contributed by atoms with Crippen LogP contribution in [0.1, 0.15) is 10.4 Å². The van der Waals surface area contributed by atoms with Crippen molar-refractivity contribution in [2.24, 2.45) is 0 Å². The highest BCUT2D eigenvalue weighted by Gasteiger charge is 2.38. The van der Waals surface area contributed by atoms with E-state index in [1.165, 1.54) is 24.3 Å². The molecular weight excluding hydrogens is 524 g/mol. The molecule has 0 saturated carbocycles. The van der Waals surface area contributed by atoms with Crippen LogP contribution in [0.15, 0.2) is 36.4 Å². The smallest absolute Gasteiger partial charge is 0.427 e. The van der Waals surface area contributed by atoms with Crippen molar-refractivity contribution in [3.8, 4) is 17.0 Å². The van der Waals surface area contributed by atoms with Crippen molar-refractivity contribution in [1.29, 1.82) is 0 Å². The number of alkyl halides is 3. The van der Waals surface area contributed by atoms with Crippen LogP contribution in [-0.4, -0.2) is 4.37 Å². The van der Waals surface area contributed by atoms with Gasteiger partial charge in [-0.25, -0.2) is 8.78 Å². The molecule has 0 radical (unpaired) electrons. The Balaban J connectivity index is 2.00. The second-order valence-electron chi connectivity index (χ2n) is 5.33. The zero-order valence-corrected chi connectivity index (χ0v) is 16.8. The summed E-state index contributed by atoms with van der Waals surface area (Å²) in [6, 6.07) is 8.07. The molecule has 3 rings (SSSR count). The molecule has 0 unspecified atom stereocenters. The topological polar surface area (TPSA) is 22.1 Å². The van der Waals surface area contributed by atoms with Gasteiger partial charge >= 0.3 is 6.18 Å². The van der Waals surface area contributed by atoms with Crippen LogP contribution in [0.4, 0.5) is 22.0 Å². The summed E-state index contributed by atoms with van der Waals surface area (Å²) in [6.45, 7) is -0.697. The lowest BCUT2D eigenvalue weighted by Gasteiger charge is -2.12. The third kappa shape index (κ3) is 4.52. The van der Waals surface area contributed by atoms with Crippen LogP contribution in [0.5, 0.6) is 5.75 Å². The van der Waals surface area contributed by atoms with E-state index in [9.17, 15) is 22.0 Å². The van der Waals surface area contributed by atoms with Gasteiger partial charge in [0.05, 0.1) is 5.69 Å². The Hall–Kier alpha value is -1.46. The lowest BCUT2D eigenvalue weighted by atomic mass is 10.1. The average molecular weight is 532 g/mol. The minimum absolute atomic E-state index is 0.0234. The van der Waals surface area contributed by atoms with Gasteiger partial charge in [-0.3, -0.25) is 0 Å². The summed E-state index contributed by atoms with van der Waals surface area (Å²) < 4.78 is 77.1. The molecule has 1 heterocycles. The number of benzene rings is 2. The Labute approximate surface area is 173 Å². The highest BCUT2D eigenvalue weighted by Crippen LogP contribution is 2.40. The third-order valence-electron chi connectivity index (χ3n) is 3.49. The Morgan fingerprint density at radius 3 is 2.22 bits per heavy atom. The first-order valence-electron chi connectivity index (χ1n) is 7.26. The minimum Gasteiger partial charge on any atom is -0.483 e. The molecule has 0 N–H and O–H groups in total. The first-order valence-corrected chi connectivity index (χ1v) is 9.49. The molecule has 1 aromatic heterocycles. The summed E-state index contributed by atoms with van der Waals surface area (Å²) in [6.07, 6.45) is -4.68. The van der Waals surface area contributed by atoms with Crippen molar-refractivity contribution < 1.29 is 26.7 Å². The van der Waals surface area contributed by atoms with Gasteiger partial charge in [0.15, 0.2) is 17.4 Å². The van der Waals surface area contributed by atoms with Crippen molar-refractivity contribution >= 4 is 45.7 Å². The molecule has 0 aliphatic rings. The SMILES string of the molecule is Fc1cc(I)cc(F)c1OCc1c(-c2ccc(Cl)cc2)nsc1C(F)(F)F. The lowest BCUT2D eigenvalue weighted by Crippen LogP contribution is -2.09. The molecule has 0 bridgehead atoms. The van der Waals surface area contributed by atoms with Gasteiger partial charge in [-0.2, -0.15) is 17.5 Å². The lowest BCUT2D eigenvalue weighted by molar-refractivity contribution is -0.135. The van der Waals surface area contributed by atoms with Crippen LogP contribution in [-0.2, 0) is 12.8 Å². The van der Waals surface area contributed by atoms with E-state index in [0.29, 0.717) is 14.2 Å². The van der Waals surface area contributed by atoms with Gasteiger partial charge < -0.3 is 4.74 Å². The van der Waals surface area contributed by atoms with E-state index in [1.54, 1.807) is 22.6 Å². The normalized spacial score (nSPS) is 11.7. The molecule has 2 aromatic carbocycles. The van der Waals surface area contributed by atoms with Crippen molar-refractivity contribution in [3.63, 3.8) is 0 Å². The van der Waals surface area contributed by atoms with E-state index in [1.807, 2.05) is 0 Å². The van der Waals surface area contributed by atoms with Gasteiger partial charge in [-0.15, -0.1) is 0 Å². The van der Waals surface area contributed by atoms with Gasteiger partial charge in [0, 0.05) is 19.7 Å². The van der Waals surface area contributed by atoms with Crippen molar-refractivity contribution in [3.05, 3.63) is 67.1 Å². The molecule has 0 amide bonds. The van der Waals surface area contributed by atoms with Gasteiger partial charge in [0.1, 0.15) is 11.5 Å². The summed E-state index contributed by atoms with van der Waals surface area (Å²) in [4.78, 5) is -0.987. The van der Waals surface area contributed by atoms with Crippen LogP contribution in [0.2, 0.25) is 5.02 Å². The summed E-state index contributed by atoms with van der Waals surface area (Å²) >= 11 is 7.77. The van der Waals surface area contributed by atoms with Crippen molar-refractivity contribution in [2.45, 2.75) is 12.8 Å². The molecular formula is C17H8ClF5INOS. The summed E-state index contributed by atoms with van der Waals surface area (Å²) in [5, 5.41) is 0.408. The van der Waals surface area contributed by atoms with E-state index in [-0.39, 0.29) is 22.8 Å². The molecule has 0 atom stereocenters. The zero-order chi connectivity index (χ0) is 19.8. The zero-order valence-electron chi connectivity index (χ0n) is 13.1. The first kappa shape index (κ1) is 20.3. The molecule has 27 heavy (non-hydrogen) atoms. The summed E-state index contributed by atoms with van der Waals surface area (Å²) in [5.41, 5.74) is 0.107. The maximum atomic E-state index is 13.9. The second-order valence-corrected chi connectivity index (χ2v) is 7.79. The minimum atomic E-state index is -4.68. The van der Waals surface area contributed by atoms with Gasteiger partial charge in [0.25, 0.3) is 0 Å². The molecule has 0 fully saturated rings. The predicted octanol–water partition coefficient (Wildman–Crippen LogP) is 6.94. The maximum absolute atomic E-state index is 13.9. The van der Waals surface area contributed by atoms with Crippen LogP contribution >= 0.6 is 45.7 Å². The molecule has 3 aromatic rings. The number of ether oxygens (including phenoxy) is 1. The standard InChI is InChI=1S/C17H8ClF5INOS/c18-9-3-1-8(2-4-9)14-11(16(27-25-14)17(21,22)23)7-26-15-12(19)5-10(24)6-13(15)20/h1-6H,7H2. The van der Waals surface area contributed by atoms with Crippen LogP contribution in [0.3, 0.4) is 0 Å². The largest absolute Gasteiger partial charge is 0.483 e. The molecule has 0 aliphatic carbocycles. The molecule has 2 nitrogen and oxygen atoms in total. The Morgan fingerprint density at radius 2 is 1.67 bits per heavy atom. The quantitative estimate of drug-likeness (QED) is 0.269.